The van der Waals surface area contributed by atoms with E-state index in [2.05, 4.69) is 18.4 Å². The molecule has 2 unspecified atom stereocenters. The summed E-state index contributed by atoms with van der Waals surface area (Å²) < 4.78 is 0. The standard InChI is InChI=1S/C19H19NO3S/c1-11-5-7-24-17(11)15-9-16(15)18(21)20-6-4-12-2-3-13(19(22)23)8-14(12)10-20/h2-3,5,7-8,15-16H,4,6,9-10H2,1H3,(H,22,23). The summed E-state index contributed by atoms with van der Waals surface area (Å²) in [5, 5.41) is 11.2. The summed E-state index contributed by atoms with van der Waals surface area (Å²) in [7, 11) is 0. The first-order valence-corrected chi connectivity index (χ1v) is 9.10. The van der Waals surface area contributed by atoms with Gasteiger partial charge in [-0.3, -0.25) is 4.79 Å². The quantitative estimate of drug-likeness (QED) is 0.930. The number of carboxylic acid groups (broad SMARTS) is 1. The lowest BCUT2D eigenvalue weighted by Crippen LogP contribution is -2.37. The number of rotatable bonds is 3. The Morgan fingerprint density at radius 1 is 1.25 bits per heavy atom. The predicted molar refractivity (Wildman–Crippen MR) is 92.4 cm³/mol. The average Bonchev–Trinajstić information content (AvgIpc) is 3.26. The summed E-state index contributed by atoms with van der Waals surface area (Å²) in [4.78, 5) is 27.2. The Hall–Kier alpha value is -2.14. The molecular weight excluding hydrogens is 322 g/mol. The Balaban J connectivity index is 1.49. The van der Waals surface area contributed by atoms with Gasteiger partial charge in [-0.15, -0.1) is 11.3 Å². The SMILES string of the molecule is Cc1ccsc1C1CC1C(=O)N1CCc2ccc(C(=O)O)cc2C1. The molecule has 1 amide bonds. The Labute approximate surface area is 144 Å². The van der Waals surface area contributed by atoms with Crippen molar-refractivity contribution in [3.63, 3.8) is 0 Å². The van der Waals surface area contributed by atoms with Gasteiger partial charge in [-0.1, -0.05) is 6.07 Å². The molecule has 2 aliphatic rings. The van der Waals surface area contributed by atoms with Gasteiger partial charge in [0.2, 0.25) is 5.91 Å². The van der Waals surface area contributed by atoms with Crippen LogP contribution in [0, 0.1) is 12.8 Å². The molecule has 1 N–H and O–H groups in total. The summed E-state index contributed by atoms with van der Waals surface area (Å²) in [6, 6.07) is 7.36. The fourth-order valence-electron chi connectivity index (χ4n) is 3.63. The van der Waals surface area contributed by atoms with Gasteiger partial charge >= 0.3 is 5.97 Å². The first-order chi connectivity index (χ1) is 11.5. The number of hydrogen-bond acceptors (Lipinski definition) is 3. The first-order valence-electron chi connectivity index (χ1n) is 8.22. The van der Waals surface area contributed by atoms with E-state index in [4.69, 9.17) is 5.11 Å². The van der Waals surface area contributed by atoms with Crippen molar-refractivity contribution in [1.82, 2.24) is 4.90 Å². The molecule has 0 saturated heterocycles. The van der Waals surface area contributed by atoms with E-state index < -0.39 is 5.97 Å². The number of aromatic carboxylic acids is 1. The van der Waals surface area contributed by atoms with E-state index in [0.717, 1.165) is 30.5 Å². The van der Waals surface area contributed by atoms with Crippen LogP contribution in [-0.2, 0) is 17.8 Å². The second-order valence-electron chi connectivity index (χ2n) is 6.71. The van der Waals surface area contributed by atoms with Gasteiger partial charge in [-0.2, -0.15) is 0 Å². The molecule has 0 bridgehead atoms. The van der Waals surface area contributed by atoms with Crippen molar-refractivity contribution < 1.29 is 14.7 Å². The van der Waals surface area contributed by atoms with Crippen molar-refractivity contribution in [3.05, 3.63) is 56.8 Å². The van der Waals surface area contributed by atoms with E-state index in [-0.39, 0.29) is 11.8 Å². The highest BCUT2D eigenvalue weighted by molar-refractivity contribution is 7.10. The van der Waals surface area contributed by atoms with Crippen LogP contribution in [0.2, 0.25) is 0 Å². The van der Waals surface area contributed by atoms with E-state index in [1.165, 1.54) is 10.4 Å². The van der Waals surface area contributed by atoms with E-state index in [1.807, 2.05) is 11.0 Å². The van der Waals surface area contributed by atoms with E-state index in [0.29, 0.717) is 18.0 Å². The number of carbonyl (C=O) groups excluding carboxylic acids is 1. The predicted octanol–water partition coefficient (Wildman–Crippen LogP) is 3.44. The molecule has 1 saturated carbocycles. The molecule has 5 heteroatoms. The molecular formula is C19H19NO3S. The molecule has 0 spiro atoms. The molecule has 1 aliphatic carbocycles. The largest absolute Gasteiger partial charge is 0.478 e. The second-order valence-corrected chi connectivity index (χ2v) is 7.66. The molecule has 2 atom stereocenters. The monoisotopic (exact) mass is 341 g/mol. The number of carboxylic acids is 1. The zero-order chi connectivity index (χ0) is 16.8. The molecule has 2 heterocycles. The van der Waals surface area contributed by atoms with Gasteiger partial charge in [-0.05, 0) is 60.0 Å². The molecule has 1 fully saturated rings. The number of carbonyl (C=O) groups is 2. The van der Waals surface area contributed by atoms with Crippen LogP contribution < -0.4 is 0 Å². The third-order valence-electron chi connectivity index (χ3n) is 5.12. The fraction of sp³-hybridized carbons (Fsp3) is 0.368. The minimum absolute atomic E-state index is 0.103. The van der Waals surface area contributed by atoms with E-state index in [1.54, 1.807) is 23.5 Å². The summed E-state index contributed by atoms with van der Waals surface area (Å²) in [5.74, 6) is -0.216. The zero-order valence-electron chi connectivity index (χ0n) is 13.5. The smallest absolute Gasteiger partial charge is 0.335 e. The molecule has 0 radical (unpaired) electrons. The Morgan fingerprint density at radius 3 is 2.79 bits per heavy atom. The van der Waals surface area contributed by atoms with Crippen LogP contribution >= 0.6 is 11.3 Å². The topological polar surface area (TPSA) is 57.6 Å². The maximum Gasteiger partial charge on any atom is 0.335 e. The number of thiophene rings is 1. The summed E-state index contributed by atoms with van der Waals surface area (Å²) in [6.45, 7) is 3.36. The number of hydrogen-bond donors (Lipinski definition) is 1. The average molecular weight is 341 g/mol. The highest BCUT2D eigenvalue weighted by Crippen LogP contribution is 2.51. The van der Waals surface area contributed by atoms with Gasteiger partial charge in [0.15, 0.2) is 0 Å². The number of fused-ring (bicyclic) bond motifs is 1. The van der Waals surface area contributed by atoms with Crippen LogP contribution in [0.25, 0.3) is 0 Å². The van der Waals surface area contributed by atoms with Crippen LogP contribution in [0.3, 0.4) is 0 Å². The van der Waals surface area contributed by atoms with Crippen molar-refractivity contribution >= 4 is 23.2 Å². The fourth-order valence-corrected chi connectivity index (χ4v) is 4.74. The van der Waals surface area contributed by atoms with Crippen LogP contribution in [0.15, 0.2) is 29.6 Å². The van der Waals surface area contributed by atoms with Gasteiger partial charge in [-0.25, -0.2) is 4.79 Å². The molecule has 1 aliphatic heterocycles. The molecule has 2 aromatic rings. The van der Waals surface area contributed by atoms with Crippen LogP contribution in [0.5, 0.6) is 0 Å². The third kappa shape index (κ3) is 2.63. The number of aryl methyl sites for hydroxylation is 1. The minimum atomic E-state index is -0.920. The Morgan fingerprint density at radius 2 is 2.08 bits per heavy atom. The Bertz CT molecular complexity index is 826. The van der Waals surface area contributed by atoms with Gasteiger partial charge in [0.1, 0.15) is 0 Å². The summed E-state index contributed by atoms with van der Waals surface area (Å²) in [5.41, 5.74) is 3.71. The molecule has 24 heavy (non-hydrogen) atoms. The highest BCUT2D eigenvalue weighted by atomic mass is 32.1. The van der Waals surface area contributed by atoms with Gasteiger partial charge < -0.3 is 10.0 Å². The van der Waals surface area contributed by atoms with Crippen LogP contribution in [0.1, 0.15) is 44.3 Å². The van der Waals surface area contributed by atoms with E-state index >= 15 is 0 Å². The molecule has 4 nitrogen and oxygen atoms in total. The van der Waals surface area contributed by atoms with Crippen LogP contribution in [-0.4, -0.2) is 28.4 Å². The lowest BCUT2D eigenvalue weighted by molar-refractivity contribution is -0.133. The van der Waals surface area contributed by atoms with E-state index in [9.17, 15) is 9.59 Å². The maximum atomic E-state index is 12.8. The molecule has 1 aromatic carbocycles. The molecule has 4 rings (SSSR count). The second kappa shape index (κ2) is 5.74. The lowest BCUT2D eigenvalue weighted by atomic mass is 9.97. The normalized spacial score (nSPS) is 22.1. The lowest BCUT2D eigenvalue weighted by Gasteiger charge is -2.29. The van der Waals surface area contributed by atoms with Crippen molar-refractivity contribution in [2.45, 2.75) is 32.2 Å². The van der Waals surface area contributed by atoms with Crippen molar-refractivity contribution in [3.8, 4) is 0 Å². The van der Waals surface area contributed by atoms with Crippen molar-refractivity contribution in [1.29, 1.82) is 0 Å². The molecule has 1 aromatic heterocycles. The summed E-state index contributed by atoms with van der Waals surface area (Å²) in [6.07, 6.45) is 1.75. The van der Waals surface area contributed by atoms with Crippen molar-refractivity contribution in [2.75, 3.05) is 6.54 Å². The molecule has 124 valence electrons. The third-order valence-corrected chi connectivity index (χ3v) is 6.27. The summed E-state index contributed by atoms with van der Waals surface area (Å²) >= 11 is 1.75. The maximum absolute atomic E-state index is 12.8. The number of nitrogens with zero attached hydrogens (tertiary/aromatic N) is 1. The van der Waals surface area contributed by atoms with Gasteiger partial charge in [0, 0.05) is 29.8 Å². The zero-order valence-corrected chi connectivity index (χ0v) is 14.3. The van der Waals surface area contributed by atoms with Gasteiger partial charge in [0.05, 0.1) is 5.56 Å². The first kappa shape index (κ1) is 15.4. The number of amides is 1. The highest BCUT2D eigenvalue weighted by Gasteiger charge is 2.47. The Kier molecular flexibility index (Phi) is 3.68. The van der Waals surface area contributed by atoms with Crippen LogP contribution in [0.4, 0.5) is 0 Å². The van der Waals surface area contributed by atoms with Crippen molar-refractivity contribution in [2.24, 2.45) is 5.92 Å². The van der Waals surface area contributed by atoms with Gasteiger partial charge in [0.25, 0.3) is 0 Å². The number of benzene rings is 1. The minimum Gasteiger partial charge on any atom is -0.478 e.